The van der Waals surface area contributed by atoms with Crippen molar-refractivity contribution in [2.75, 3.05) is 12.4 Å². The monoisotopic (exact) mass is 317 g/mol. The summed E-state index contributed by atoms with van der Waals surface area (Å²) >= 11 is 5.92. The Morgan fingerprint density at radius 1 is 1.05 bits per heavy atom. The second-order valence-electron chi connectivity index (χ2n) is 5.49. The summed E-state index contributed by atoms with van der Waals surface area (Å²) < 4.78 is 5.12. The summed E-state index contributed by atoms with van der Waals surface area (Å²) in [5.41, 5.74) is 1.72. The molecule has 0 aliphatic carbocycles. The normalized spacial score (nSPS) is 12.0. The predicted molar refractivity (Wildman–Crippen MR) is 90.7 cm³/mol. The van der Waals surface area contributed by atoms with E-state index in [9.17, 15) is 4.79 Å². The average Bonchev–Trinajstić information content (AvgIpc) is 2.50. The van der Waals surface area contributed by atoms with E-state index in [1.807, 2.05) is 62.4 Å². The number of amides is 1. The molecule has 0 saturated heterocycles. The lowest BCUT2D eigenvalue weighted by atomic mass is 9.87. The summed E-state index contributed by atoms with van der Waals surface area (Å²) in [6, 6.07) is 14.7. The molecule has 4 heteroatoms. The summed E-state index contributed by atoms with van der Waals surface area (Å²) in [7, 11) is 1.61. The van der Waals surface area contributed by atoms with Gasteiger partial charge in [0.1, 0.15) is 5.75 Å². The van der Waals surface area contributed by atoms with Gasteiger partial charge < -0.3 is 10.1 Å². The molecule has 0 radical (unpaired) electrons. The highest BCUT2D eigenvalue weighted by atomic mass is 35.5. The third-order valence-electron chi connectivity index (χ3n) is 3.54. The first-order valence-electron chi connectivity index (χ1n) is 7.21. The molecule has 1 atom stereocenters. The molecule has 22 heavy (non-hydrogen) atoms. The van der Waals surface area contributed by atoms with Crippen LogP contribution < -0.4 is 10.1 Å². The van der Waals surface area contributed by atoms with Gasteiger partial charge in [0.25, 0.3) is 0 Å². The highest BCUT2D eigenvalue weighted by Crippen LogP contribution is 2.27. The van der Waals surface area contributed by atoms with Crippen LogP contribution in [0.1, 0.15) is 25.3 Å². The van der Waals surface area contributed by atoms with Gasteiger partial charge in [-0.25, -0.2) is 0 Å². The van der Waals surface area contributed by atoms with Gasteiger partial charge in [-0.2, -0.15) is 0 Å². The van der Waals surface area contributed by atoms with Crippen molar-refractivity contribution in [2.24, 2.45) is 5.92 Å². The van der Waals surface area contributed by atoms with Gasteiger partial charge in [-0.1, -0.05) is 37.6 Å². The van der Waals surface area contributed by atoms with E-state index < -0.39 is 0 Å². The zero-order chi connectivity index (χ0) is 16.1. The van der Waals surface area contributed by atoms with Crippen LogP contribution in [0.3, 0.4) is 0 Å². The quantitative estimate of drug-likeness (QED) is 0.866. The first-order chi connectivity index (χ1) is 10.5. The molecule has 0 fully saturated rings. The Morgan fingerprint density at radius 3 is 2.14 bits per heavy atom. The molecule has 2 rings (SSSR count). The van der Waals surface area contributed by atoms with Gasteiger partial charge in [-0.05, 0) is 47.9 Å². The van der Waals surface area contributed by atoms with Crippen molar-refractivity contribution in [1.29, 1.82) is 0 Å². The number of ether oxygens (including phenoxy) is 1. The molecule has 116 valence electrons. The molecule has 2 aromatic rings. The number of benzene rings is 2. The van der Waals surface area contributed by atoms with E-state index in [-0.39, 0.29) is 17.7 Å². The van der Waals surface area contributed by atoms with E-state index in [1.54, 1.807) is 7.11 Å². The maximum absolute atomic E-state index is 12.6. The van der Waals surface area contributed by atoms with Crippen molar-refractivity contribution in [3.63, 3.8) is 0 Å². The fourth-order valence-corrected chi connectivity index (χ4v) is 2.53. The van der Waals surface area contributed by atoms with Gasteiger partial charge in [-0.15, -0.1) is 0 Å². The van der Waals surface area contributed by atoms with Gasteiger partial charge in [0.2, 0.25) is 5.91 Å². The molecular formula is C18H20ClNO2. The lowest BCUT2D eigenvalue weighted by molar-refractivity contribution is -0.118. The van der Waals surface area contributed by atoms with Gasteiger partial charge in [0, 0.05) is 10.7 Å². The molecule has 0 aliphatic rings. The molecule has 0 heterocycles. The van der Waals surface area contributed by atoms with Crippen molar-refractivity contribution in [2.45, 2.75) is 19.8 Å². The van der Waals surface area contributed by atoms with Crippen molar-refractivity contribution in [3.8, 4) is 5.75 Å². The molecule has 0 aromatic heterocycles. The Bertz CT molecular complexity index is 621. The molecule has 0 aliphatic heterocycles. The van der Waals surface area contributed by atoms with E-state index in [2.05, 4.69) is 5.32 Å². The molecule has 0 spiro atoms. The lowest BCUT2D eigenvalue weighted by Crippen LogP contribution is -2.25. The predicted octanol–water partition coefficient (Wildman–Crippen LogP) is 4.73. The number of methoxy groups -OCH3 is 1. The zero-order valence-electron chi connectivity index (χ0n) is 13.0. The first kappa shape index (κ1) is 16.4. The smallest absolute Gasteiger partial charge is 0.232 e. The maximum atomic E-state index is 12.6. The lowest BCUT2D eigenvalue weighted by Gasteiger charge is -2.21. The van der Waals surface area contributed by atoms with Crippen LogP contribution in [0.2, 0.25) is 5.02 Å². The summed E-state index contributed by atoms with van der Waals surface area (Å²) in [6.45, 7) is 4.07. The minimum atomic E-state index is -0.223. The molecule has 0 unspecified atom stereocenters. The number of rotatable bonds is 5. The van der Waals surface area contributed by atoms with Crippen LogP contribution in [0.25, 0.3) is 0 Å². The highest BCUT2D eigenvalue weighted by molar-refractivity contribution is 6.30. The molecule has 0 saturated carbocycles. The number of hydrogen-bond acceptors (Lipinski definition) is 2. The van der Waals surface area contributed by atoms with Gasteiger partial charge >= 0.3 is 0 Å². The first-order valence-corrected chi connectivity index (χ1v) is 7.59. The van der Waals surface area contributed by atoms with Crippen LogP contribution in [0.4, 0.5) is 5.69 Å². The Morgan fingerprint density at radius 2 is 1.64 bits per heavy atom. The largest absolute Gasteiger partial charge is 0.497 e. The van der Waals surface area contributed by atoms with Crippen LogP contribution in [0, 0.1) is 5.92 Å². The molecule has 0 bridgehead atoms. The maximum Gasteiger partial charge on any atom is 0.232 e. The fourth-order valence-electron chi connectivity index (χ4n) is 2.40. The molecular weight excluding hydrogens is 298 g/mol. The Balaban J connectivity index is 2.17. The van der Waals surface area contributed by atoms with Crippen LogP contribution in [0.5, 0.6) is 5.75 Å². The molecule has 1 amide bonds. The Kier molecular flexibility index (Phi) is 5.45. The van der Waals surface area contributed by atoms with E-state index in [0.717, 1.165) is 17.0 Å². The van der Waals surface area contributed by atoms with E-state index in [4.69, 9.17) is 16.3 Å². The molecule has 2 aromatic carbocycles. The standard InChI is InChI=1S/C18H20ClNO2/c1-12(2)17(13-4-6-14(19)7-5-13)18(21)20-15-8-10-16(22-3)11-9-15/h4-12,17H,1-3H3,(H,20,21)/t17-/m0/s1. The van der Waals surface area contributed by atoms with Crippen molar-refractivity contribution in [3.05, 3.63) is 59.1 Å². The molecule has 3 nitrogen and oxygen atoms in total. The third kappa shape index (κ3) is 4.01. The average molecular weight is 318 g/mol. The number of carbonyl (C=O) groups is 1. The van der Waals surface area contributed by atoms with E-state index in [0.29, 0.717) is 5.02 Å². The SMILES string of the molecule is COc1ccc(NC(=O)[C@H](c2ccc(Cl)cc2)C(C)C)cc1. The molecule has 1 N–H and O–H groups in total. The van der Waals surface area contributed by atoms with Crippen molar-refractivity contribution >= 4 is 23.2 Å². The number of nitrogens with one attached hydrogen (secondary N) is 1. The van der Waals surface area contributed by atoms with Crippen molar-refractivity contribution < 1.29 is 9.53 Å². The minimum absolute atomic E-state index is 0.0255. The van der Waals surface area contributed by atoms with Gasteiger partial charge in [-0.3, -0.25) is 4.79 Å². The van der Waals surface area contributed by atoms with Crippen LogP contribution in [-0.2, 0) is 4.79 Å². The van der Waals surface area contributed by atoms with E-state index in [1.165, 1.54) is 0 Å². The highest BCUT2D eigenvalue weighted by Gasteiger charge is 2.24. The Hall–Kier alpha value is -2.00. The Labute approximate surface area is 136 Å². The summed E-state index contributed by atoms with van der Waals surface area (Å²) in [5.74, 6) is 0.692. The van der Waals surface area contributed by atoms with Crippen LogP contribution in [-0.4, -0.2) is 13.0 Å². The van der Waals surface area contributed by atoms with Crippen molar-refractivity contribution in [1.82, 2.24) is 0 Å². The van der Waals surface area contributed by atoms with Crippen LogP contribution >= 0.6 is 11.6 Å². The number of anilines is 1. The summed E-state index contributed by atoms with van der Waals surface area (Å²) in [6.07, 6.45) is 0. The zero-order valence-corrected chi connectivity index (χ0v) is 13.7. The topological polar surface area (TPSA) is 38.3 Å². The van der Waals surface area contributed by atoms with E-state index >= 15 is 0 Å². The summed E-state index contributed by atoms with van der Waals surface area (Å²) in [4.78, 5) is 12.6. The van der Waals surface area contributed by atoms with Gasteiger partial charge in [0.05, 0.1) is 13.0 Å². The third-order valence-corrected chi connectivity index (χ3v) is 3.79. The number of hydrogen-bond donors (Lipinski definition) is 1. The minimum Gasteiger partial charge on any atom is -0.497 e. The van der Waals surface area contributed by atoms with Crippen LogP contribution in [0.15, 0.2) is 48.5 Å². The summed E-state index contributed by atoms with van der Waals surface area (Å²) in [5, 5.41) is 3.63. The second-order valence-corrected chi connectivity index (χ2v) is 5.93. The second kappa shape index (κ2) is 7.32. The number of carbonyl (C=O) groups excluding carboxylic acids is 1. The van der Waals surface area contributed by atoms with Gasteiger partial charge in [0.15, 0.2) is 0 Å². The number of halogens is 1. The fraction of sp³-hybridized carbons (Fsp3) is 0.278.